The Bertz CT molecular complexity index is 872. The Labute approximate surface area is 165 Å². The van der Waals surface area contributed by atoms with Gasteiger partial charge in [0, 0.05) is 5.56 Å². The van der Waals surface area contributed by atoms with Gasteiger partial charge in [0.1, 0.15) is 11.5 Å². The molecule has 0 aliphatic carbocycles. The van der Waals surface area contributed by atoms with Crippen molar-refractivity contribution in [2.24, 2.45) is 0 Å². The van der Waals surface area contributed by atoms with Crippen LogP contribution in [0.2, 0.25) is 10.0 Å². The van der Waals surface area contributed by atoms with E-state index in [2.05, 4.69) is 5.32 Å². The van der Waals surface area contributed by atoms with E-state index in [1.54, 1.807) is 24.3 Å². The molecular formula is C19H16Cl2N2O4. The number of nitrogens with one attached hydrogen (secondary N) is 1. The van der Waals surface area contributed by atoms with Crippen molar-refractivity contribution in [2.45, 2.75) is 13.1 Å². The first kappa shape index (κ1) is 19.1. The van der Waals surface area contributed by atoms with Crippen molar-refractivity contribution in [1.29, 1.82) is 0 Å². The summed E-state index contributed by atoms with van der Waals surface area (Å²) in [6, 6.07) is 11.6. The van der Waals surface area contributed by atoms with Crippen LogP contribution in [0.1, 0.15) is 21.9 Å². The Hall–Kier alpha value is -2.70. The second-order valence-corrected chi connectivity index (χ2v) is 6.53. The highest BCUT2D eigenvalue weighted by Gasteiger charge is 2.18. The van der Waals surface area contributed by atoms with Gasteiger partial charge in [0.15, 0.2) is 0 Å². The fraction of sp³-hybridized carbons (Fsp3) is 0.158. The predicted molar refractivity (Wildman–Crippen MR) is 100 cm³/mol. The first-order valence-electron chi connectivity index (χ1n) is 8.08. The first-order chi connectivity index (χ1) is 13.0. The molecule has 0 unspecified atom stereocenters. The summed E-state index contributed by atoms with van der Waals surface area (Å²) in [6.45, 7) is 0.338. The minimum Gasteiger partial charge on any atom is -0.467 e. The van der Waals surface area contributed by atoms with Crippen LogP contribution in [0.15, 0.2) is 63.8 Å². The largest absolute Gasteiger partial charge is 0.467 e. The molecule has 0 fully saturated rings. The van der Waals surface area contributed by atoms with Gasteiger partial charge >= 0.3 is 0 Å². The minimum atomic E-state index is -0.419. The molecule has 0 radical (unpaired) electrons. The van der Waals surface area contributed by atoms with E-state index < -0.39 is 5.91 Å². The topological polar surface area (TPSA) is 75.7 Å². The standard InChI is InChI=1S/C19H16Cl2N2O4/c20-16-6-5-13(9-17(16)21)19(25)22-10-18(24)23(11-14-3-1-7-26-14)12-15-4-2-8-27-15/h1-9H,10-12H2,(H,22,25). The van der Waals surface area contributed by atoms with Crippen LogP contribution in [0.3, 0.4) is 0 Å². The van der Waals surface area contributed by atoms with Crippen molar-refractivity contribution in [3.63, 3.8) is 0 Å². The molecular weight excluding hydrogens is 391 g/mol. The number of carbonyl (C=O) groups excluding carboxylic acids is 2. The van der Waals surface area contributed by atoms with E-state index in [0.29, 0.717) is 22.1 Å². The molecule has 0 aliphatic heterocycles. The summed E-state index contributed by atoms with van der Waals surface area (Å²) in [5, 5.41) is 3.22. The number of rotatable bonds is 7. The quantitative estimate of drug-likeness (QED) is 0.639. The van der Waals surface area contributed by atoms with Gasteiger partial charge in [0.25, 0.3) is 5.91 Å². The van der Waals surface area contributed by atoms with Gasteiger partial charge in [-0.25, -0.2) is 0 Å². The molecule has 0 bridgehead atoms. The average molecular weight is 407 g/mol. The minimum absolute atomic E-state index is 0.180. The van der Waals surface area contributed by atoms with E-state index in [1.807, 2.05) is 0 Å². The third-order valence-corrected chi connectivity index (χ3v) is 4.53. The Morgan fingerprint density at radius 1 is 0.926 bits per heavy atom. The van der Waals surface area contributed by atoms with Gasteiger partial charge in [0.05, 0.1) is 42.2 Å². The molecule has 2 heterocycles. The maximum absolute atomic E-state index is 12.6. The molecule has 8 heteroatoms. The van der Waals surface area contributed by atoms with Crippen molar-refractivity contribution in [2.75, 3.05) is 6.54 Å². The molecule has 0 saturated heterocycles. The van der Waals surface area contributed by atoms with Crippen LogP contribution in [0.25, 0.3) is 0 Å². The van der Waals surface area contributed by atoms with Crippen molar-refractivity contribution < 1.29 is 18.4 Å². The summed E-state index contributed by atoms with van der Waals surface area (Å²) < 4.78 is 10.6. The van der Waals surface area contributed by atoms with E-state index in [-0.39, 0.29) is 30.6 Å². The number of amides is 2. The molecule has 0 spiro atoms. The maximum Gasteiger partial charge on any atom is 0.251 e. The highest BCUT2D eigenvalue weighted by molar-refractivity contribution is 6.42. The molecule has 2 aromatic heterocycles. The average Bonchev–Trinajstić information content (AvgIpc) is 3.35. The Morgan fingerprint density at radius 3 is 2.07 bits per heavy atom. The van der Waals surface area contributed by atoms with Crippen LogP contribution in [0.5, 0.6) is 0 Å². The highest BCUT2D eigenvalue weighted by atomic mass is 35.5. The third kappa shape index (κ3) is 5.15. The van der Waals surface area contributed by atoms with E-state index in [0.717, 1.165) is 0 Å². The molecule has 0 aliphatic rings. The number of hydrogen-bond donors (Lipinski definition) is 1. The third-order valence-electron chi connectivity index (χ3n) is 3.79. The number of benzene rings is 1. The Balaban J connectivity index is 1.64. The summed E-state index contributed by atoms with van der Waals surface area (Å²) >= 11 is 11.8. The van der Waals surface area contributed by atoms with Crippen LogP contribution in [0, 0.1) is 0 Å². The van der Waals surface area contributed by atoms with Gasteiger partial charge < -0.3 is 19.1 Å². The van der Waals surface area contributed by atoms with Gasteiger partial charge in [-0.05, 0) is 42.5 Å². The van der Waals surface area contributed by atoms with Crippen LogP contribution in [-0.4, -0.2) is 23.3 Å². The number of hydrogen-bond acceptors (Lipinski definition) is 4. The fourth-order valence-electron chi connectivity index (χ4n) is 2.42. The molecule has 0 atom stereocenters. The van der Waals surface area contributed by atoms with Crippen LogP contribution in [-0.2, 0) is 17.9 Å². The van der Waals surface area contributed by atoms with Crippen molar-refractivity contribution in [1.82, 2.24) is 10.2 Å². The van der Waals surface area contributed by atoms with Gasteiger partial charge in [-0.15, -0.1) is 0 Å². The summed E-state index contributed by atoms with van der Waals surface area (Å²) in [6.07, 6.45) is 3.08. The number of carbonyl (C=O) groups is 2. The van der Waals surface area contributed by atoms with Gasteiger partial charge in [-0.2, -0.15) is 0 Å². The normalized spacial score (nSPS) is 10.6. The monoisotopic (exact) mass is 406 g/mol. The number of nitrogens with zero attached hydrogens (tertiary/aromatic N) is 1. The second-order valence-electron chi connectivity index (χ2n) is 5.72. The van der Waals surface area contributed by atoms with Crippen LogP contribution in [0.4, 0.5) is 0 Å². The fourth-order valence-corrected chi connectivity index (χ4v) is 2.72. The maximum atomic E-state index is 12.6. The van der Waals surface area contributed by atoms with Gasteiger partial charge in [0.2, 0.25) is 5.91 Å². The van der Waals surface area contributed by atoms with Crippen LogP contribution < -0.4 is 5.32 Å². The zero-order chi connectivity index (χ0) is 19.2. The highest BCUT2D eigenvalue weighted by Crippen LogP contribution is 2.22. The first-order valence-corrected chi connectivity index (χ1v) is 8.84. The zero-order valence-electron chi connectivity index (χ0n) is 14.2. The molecule has 2 amide bonds. The van der Waals surface area contributed by atoms with Crippen molar-refractivity contribution in [3.8, 4) is 0 Å². The van der Waals surface area contributed by atoms with E-state index in [4.69, 9.17) is 32.0 Å². The summed E-state index contributed by atoms with van der Waals surface area (Å²) in [7, 11) is 0. The van der Waals surface area contributed by atoms with Gasteiger partial charge in [-0.1, -0.05) is 23.2 Å². The molecule has 6 nitrogen and oxygen atoms in total. The molecule has 1 aromatic carbocycles. The number of halogens is 2. The van der Waals surface area contributed by atoms with Crippen LogP contribution >= 0.6 is 23.2 Å². The number of furan rings is 2. The zero-order valence-corrected chi connectivity index (χ0v) is 15.7. The van der Waals surface area contributed by atoms with Gasteiger partial charge in [-0.3, -0.25) is 9.59 Å². The molecule has 1 N–H and O–H groups in total. The summed E-state index contributed by atoms with van der Waals surface area (Å²) in [5.41, 5.74) is 0.320. The van der Waals surface area contributed by atoms with E-state index >= 15 is 0 Å². The predicted octanol–water partition coefficient (Wildman–Crippen LogP) is 4.14. The summed E-state index contributed by atoms with van der Waals surface area (Å²) in [4.78, 5) is 26.4. The SMILES string of the molecule is O=C(NCC(=O)N(Cc1ccco1)Cc1ccco1)c1ccc(Cl)c(Cl)c1. The second kappa shape index (κ2) is 8.79. The summed E-state index contributed by atoms with van der Waals surface area (Å²) in [5.74, 6) is 0.561. The molecule has 3 aromatic rings. The lowest BCUT2D eigenvalue weighted by atomic mass is 10.2. The Kier molecular flexibility index (Phi) is 6.21. The smallest absolute Gasteiger partial charge is 0.251 e. The molecule has 0 saturated carbocycles. The molecule has 27 heavy (non-hydrogen) atoms. The van der Waals surface area contributed by atoms with Crippen molar-refractivity contribution in [3.05, 3.63) is 82.1 Å². The Morgan fingerprint density at radius 2 is 1.56 bits per heavy atom. The lowest BCUT2D eigenvalue weighted by Gasteiger charge is -2.21. The molecule has 140 valence electrons. The lowest BCUT2D eigenvalue weighted by molar-refractivity contribution is -0.131. The van der Waals surface area contributed by atoms with E-state index in [1.165, 1.54) is 35.6 Å². The van der Waals surface area contributed by atoms with Crippen molar-refractivity contribution >= 4 is 35.0 Å². The molecule has 3 rings (SSSR count). The van der Waals surface area contributed by atoms with E-state index in [9.17, 15) is 9.59 Å². The lowest BCUT2D eigenvalue weighted by Crippen LogP contribution is -2.39.